The second-order valence-corrected chi connectivity index (χ2v) is 5.56. The van der Waals surface area contributed by atoms with Gasteiger partial charge in [-0.15, -0.1) is 0 Å². The number of halogens is 2. The van der Waals surface area contributed by atoms with Gasteiger partial charge in [-0.25, -0.2) is 0 Å². The Labute approximate surface area is 119 Å². The van der Waals surface area contributed by atoms with E-state index in [2.05, 4.69) is 44.1 Å². The van der Waals surface area contributed by atoms with Gasteiger partial charge < -0.3 is 15.2 Å². The molecule has 3 nitrogen and oxygen atoms in total. The van der Waals surface area contributed by atoms with Gasteiger partial charge in [-0.2, -0.15) is 0 Å². The smallest absolute Gasteiger partial charge is 0.143 e. The summed E-state index contributed by atoms with van der Waals surface area (Å²) in [5.41, 5.74) is 1.11. The average Bonchev–Trinajstić information content (AvgIpc) is 2.31. The van der Waals surface area contributed by atoms with Crippen molar-refractivity contribution in [1.82, 2.24) is 5.32 Å². The summed E-state index contributed by atoms with van der Waals surface area (Å²) in [5, 5.41) is 13.0. The maximum absolute atomic E-state index is 9.60. The molecule has 96 valence electrons. The number of rotatable bonds is 6. The Hall–Kier alpha value is -0.100. The molecule has 0 aliphatic carbocycles. The molecule has 1 aromatic carbocycles. The number of benzene rings is 1. The van der Waals surface area contributed by atoms with Crippen LogP contribution in [0.5, 0.6) is 5.75 Å². The quantitative estimate of drug-likeness (QED) is 0.810. The molecule has 2 N–H and O–H groups in total. The van der Waals surface area contributed by atoms with E-state index in [4.69, 9.17) is 4.74 Å². The van der Waals surface area contributed by atoms with Gasteiger partial charge in [-0.1, -0.05) is 6.92 Å². The highest BCUT2D eigenvalue weighted by Crippen LogP contribution is 2.33. The van der Waals surface area contributed by atoms with Crippen LogP contribution < -0.4 is 5.32 Å². The first-order valence-electron chi connectivity index (χ1n) is 5.47. The van der Waals surface area contributed by atoms with Crippen molar-refractivity contribution in [2.45, 2.75) is 25.9 Å². The Balaban J connectivity index is 2.63. The Morgan fingerprint density at radius 1 is 1.35 bits per heavy atom. The van der Waals surface area contributed by atoms with Crippen LogP contribution >= 0.6 is 31.9 Å². The minimum absolute atomic E-state index is 0.234. The molecule has 1 rings (SSSR count). The fraction of sp³-hybridized carbons (Fsp3) is 0.500. The molecule has 0 amide bonds. The summed E-state index contributed by atoms with van der Waals surface area (Å²) in [5.74, 6) is 0.234. The van der Waals surface area contributed by atoms with Gasteiger partial charge in [0.1, 0.15) is 5.75 Å². The maximum Gasteiger partial charge on any atom is 0.143 e. The van der Waals surface area contributed by atoms with E-state index < -0.39 is 0 Å². The molecule has 0 aliphatic heterocycles. The van der Waals surface area contributed by atoms with Crippen LogP contribution in [0.4, 0.5) is 0 Å². The average molecular weight is 367 g/mol. The molecular formula is C12H17Br2NO2. The van der Waals surface area contributed by atoms with E-state index in [1.54, 1.807) is 7.11 Å². The highest BCUT2D eigenvalue weighted by molar-refractivity contribution is 9.11. The lowest BCUT2D eigenvalue weighted by molar-refractivity contribution is 0.164. The highest BCUT2D eigenvalue weighted by Gasteiger charge is 2.08. The molecule has 0 fully saturated rings. The first kappa shape index (κ1) is 15.0. The molecule has 0 saturated carbocycles. The van der Waals surface area contributed by atoms with Gasteiger partial charge in [-0.3, -0.25) is 0 Å². The summed E-state index contributed by atoms with van der Waals surface area (Å²) < 4.78 is 6.52. The molecule has 1 atom stereocenters. The Morgan fingerprint density at radius 3 is 2.41 bits per heavy atom. The molecule has 1 aromatic rings. The minimum Gasteiger partial charge on any atom is -0.506 e. The third-order valence-electron chi connectivity index (χ3n) is 2.53. The number of methoxy groups -OCH3 is 1. The van der Waals surface area contributed by atoms with Gasteiger partial charge in [-0.05, 0) is 56.0 Å². The highest BCUT2D eigenvalue weighted by atomic mass is 79.9. The van der Waals surface area contributed by atoms with Gasteiger partial charge >= 0.3 is 0 Å². The Bertz CT molecular complexity index is 349. The van der Waals surface area contributed by atoms with E-state index in [9.17, 15) is 5.11 Å². The second-order valence-electron chi connectivity index (χ2n) is 3.85. The van der Waals surface area contributed by atoms with E-state index in [0.29, 0.717) is 21.6 Å². The molecule has 1 unspecified atom stereocenters. The number of phenols is 1. The minimum atomic E-state index is 0.234. The summed E-state index contributed by atoms with van der Waals surface area (Å²) in [4.78, 5) is 0. The topological polar surface area (TPSA) is 41.5 Å². The fourth-order valence-corrected chi connectivity index (χ4v) is 2.79. The van der Waals surface area contributed by atoms with Crippen LogP contribution in [0.2, 0.25) is 0 Å². The van der Waals surface area contributed by atoms with Gasteiger partial charge in [0.15, 0.2) is 0 Å². The summed E-state index contributed by atoms with van der Waals surface area (Å²) in [7, 11) is 1.71. The first-order valence-corrected chi connectivity index (χ1v) is 7.06. The van der Waals surface area contributed by atoms with Crippen LogP contribution in [-0.4, -0.2) is 24.9 Å². The lowest BCUT2D eigenvalue weighted by atomic mass is 10.2. The molecule has 0 heterocycles. The van der Waals surface area contributed by atoms with E-state index >= 15 is 0 Å². The first-order chi connectivity index (χ1) is 8.08. The van der Waals surface area contributed by atoms with Crippen molar-refractivity contribution in [3.05, 3.63) is 26.6 Å². The zero-order valence-corrected chi connectivity index (χ0v) is 13.1. The van der Waals surface area contributed by atoms with E-state index in [1.807, 2.05) is 12.1 Å². The normalized spacial score (nSPS) is 12.7. The molecule has 0 spiro atoms. The zero-order chi connectivity index (χ0) is 12.8. The van der Waals surface area contributed by atoms with Crippen LogP contribution in [0.25, 0.3) is 0 Å². The van der Waals surface area contributed by atoms with Gasteiger partial charge in [0, 0.05) is 19.7 Å². The summed E-state index contributed by atoms with van der Waals surface area (Å²) in [6, 6.07) is 4.17. The Morgan fingerprint density at radius 2 is 1.94 bits per heavy atom. The van der Waals surface area contributed by atoms with Crippen molar-refractivity contribution in [3.8, 4) is 5.75 Å². The maximum atomic E-state index is 9.60. The van der Waals surface area contributed by atoms with Crippen LogP contribution in [0.3, 0.4) is 0 Å². The molecule has 0 saturated heterocycles. The predicted molar refractivity (Wildman–Crippen MR) is 76.3 cm³/mol. The van der Waals surface area contributed by atoms with Crippen molar-refractivity contribution in [1.29, 1.82) is 0 Å². The summed E-state index contributed by atoms with van der Waals surface area (Å²) >= 11 is 6.64. The molecule has 0 radical (unpaired) electrons. The summed E-state index contributed by atoms with van der Waals surface area (Å²) in [6.07, 6.45) is 1.02. The van der Waals surface area contributed by atoms with Crippen LogP contribution in [0.1, 0.15) is 18.9 Å². The number of hydrogen-bond acceptors (Lipinski definition) is 3. The molecule has 0 aliphatic rings. The van der Waals surface area contributed by atoms with Crippen molar-refractivity contribution < 1.29 is 9.84 Å². The molecule has 0 aromatic heterocycles. The third kappa shape index (κ3) is 4.58. The monoisotopic (exact) mass is 365 g/mol. The number of hydrogen-bond donors (Lipinski definition) is 2. The fourth-order valence-electron chi connectivity index (χ4n) is 1.50. The largest absolute Gasteiger partial charge is 0.506 e. The van der Waals surface area contributed by atoms with Gasteiger partial charge in [0.05, 0.1) is 15.6 Å². The van der Waals surface area contributed by atoms with Crippen LogP contribution in [0, 0.1) is 0 Å². The van der Waals surface area contributed by atoms with Gasteiger partial charge in [0.25, 0.3) is 0 Å². The van der Waals surface area contributed by atoms with E-state index in [1.165, 1.54) is 0 Å². The summed E-state index contributed by atoms with van der Waals surface area (Å²) in [6.45, 7) is 3.58. The molecule has 17 heavy (non-hydrogen) atoms. The van der Waals surface area contributed by atoms with Crippen molar-refractivity contribution in [2.75, 3.05) is 13.7 Å². The van der Waals surface area contributed by atoms with Crippen molar-refractivity contribution in [3.63, 3.8) is 0 Å². The third-order valence-corrected chi connectivity index (χ3v) is 3.74. The Kier molecular flexibility index (Phi) is 6.48. The molecule has 0 bridgehead atoms. The number of ether oxygens (including phenoxy) is 1. The van der Waals surface area contributed by atoms with Crippen LogP contribution in [-0.2, 0) is 11.3 Å². The zero-order valence-electron chi connectivity index (χ0n) is 9.96. The number of aromatic hydroxyl groups is 1. The molecule has 5 heteroatoms. The van der Waals surface area contributed by atoms with Crippen molar-refractivity contribution in [2.24, 2.45) is 0 Å². The predicted octanol–water partition coefficient (Wildman–Crippen LogP) is 3.43. The number of phenolic OH excluding ortho intramolecular Hbond substituents is 1. The SMILES string of the molecule is CCC(COC)NCc1cc(Br)c(O)c(Br)c1. The molecular weight excluding hydrogens is 350 g/mol. The van der Waals surface area contributed by atoms with Gasteiger partial charge in [0.2, 0.25) is 0 Å². The standard InChI is InChI=1S/C12H17Br2NO2/c1-3-9(7-17-2)15-6-8-4-10(13)12(16)11(14)5-8/h4-5,9,15-16H,3,6-7H2,1-2H3. The second kappa shape index (κ2) is 7.36. The van der Waals surface area contributed by atoms with E-state index in [0.717, 1.165) is 18.5 Å². The van der Waals surface area contributed by atoms with E-state index in [-0.39, 0.29) is 5.75 Å². The van der Waals surface area contributed by atoms with Crippen molar-refractivity contribution >= 4 is 31.9 Å². The number of nitrogens with one attached hydrogen (secondary N) is 1. The lowest BCUT2D eigenvalue weighted by Crippen LogP contribution is -2.32. The van der Waals surface area contributed by atoms with Crippen LogP contribution in [0.15, 0.2) is 21.1 Å². The lowest BCUT2D eigenvalue weighted by Gasteiger charge is -2.16.